The number of hydrogen-bond acceptors (Lipinski definition) is 2. The molecule has 0 radical (unpaired) electrons. The maximum Gasteiger partial charge on any atom is 0.148 e. The van der Waals surface area contributed by atoms with Gasteiger partial charge in [0, 0.05) is 6.20 Å². The first-order valence-electron chi connectivity index (χ1n) is 2.56. The lowest BCUT2D eigenvalue weighted by Gasteiger charge is -1.97. The molecule has 0 atom stereocenters. The Labute approximate surface area is 87.3 Å². The lowest BCUT2D eigenvalue weighted by molar-refractivity contribution is 1.28. The topological polar surface area (TPSA) is 36.7 Å². The number of nitriles is 1. The monoisotopic (exact) mass is 298 g/mol. The first kappa shape index (κ1) is 9.04. The number of nitrogens with zero attached hydrogens (tertiary/aromatic N) is 2. The van der Waals surface area contributed by atoms with E-state index in [1.807, 2.05) is 28.7 Å². The minimum atomic E-state index is 0.151. The Kier molecular flexibility index (Phi) is 2.93. The smallest absolute Gasteiger partial charge is 0.148 e. The Morgan fingerprint density at radius 3 is 2.64 bits per heavy atom. The van der Waals surface area contributed by atoms with Crippen LogP contribution in [0.3, 0.4) is 0 Å². The quantitative estimate of drug-likeness (QED) is 0.545. The van der Waals surface area contributed by atoms with Gasteiger partial charge in [0.1, 0.15) is 16.8 Å². The van der Waals surface area contributed by atoms with Crippen molar-refractivity contribution < 1.29 is 0 Å². The Morgan fingerprint density at radius 2 is 2.18 bits per heavy atom. The van der Waals surface area contributed by atoms with E-state index in [-0.39, 0.29) is 10.7 Å². The molecule has 1 aromatic heterocycles. The molecule has 5 heteroatoms. The zero-order valence-corrected chi connectivity index (χ0v) is 8.78. The Hall–Kier alpha value is -0.0500. The zero-order chi connectivity index (χ0) is 8.43. The molecule has 0 saturated heterocycles. The molecule has 2 nitrogen and oxygen atoms in total. The first-order valence-corrected chi connectivity index (χ1v) is 4.40. The Balaban J connectivity index is 3.44. The number of rotatable bonds is 0. The number of aromatic nitrogens is 1. The molecule has 0 saturated carbocycles. The van der Waals surface area contributed by atoms with E-state index in [4.69, 9.17) is 28.5 Å². The zero-order valence-electron chi connectivity index (χ0n) is 5.11. The maximum atomic E-state index is 8.56. The summed E-state index contributed by atoms with van der Waals surface area (Å²) in [6.07, 6.45) is 1.52. The van der Waals surface area contributed by atoms with Crippen LogP contribution in [0.1, 0.15) is 5.56 Å². The second-order valence-electron chi connectivity index (χ2n) is 1.70. The van der Waals surface area contributed by atoms with Crippen molar-refractivity contribution in [2.75, 3.05) is 0 Å². The van der Waals surface area contributed by atoms with Gasteiger partial charge < -0.3 is 0 Å². The highest BCUT2D eigenvalue weighted by Gasteiger charge is 2.08. The summed E-state index contributed by atoms with van der Waals surface area (Å²) in [4.78, 5) is 3.76. The summed E-state index contributed by atoms with van der Waals surface area (Å²) in [6.45, 7) is 0. The normalized spacial score (nSPS) is 9.27. The summed E-state index contributed by atoms with van der Waals surface area (Å²) in [5, 5.41) is 9.08. The summed E-state index contributed by atoms with van der Waals surface area (Å²) >= 11 is 13.3. The van der Waals surface area contributed by atoms with E-state index in [0.29, 0.717) is 5.02 Å². The highest BCUT2D eigenvalue weighted by molar-refractivity contribution is 14.1. The summed E-state index contributed by atoms with van der Waals surface area (Å²) < 4.78 is 0.727. The second-order valence-corrected chi connectivity index (χ2v) is 3.60. The van der Waals surface area contributed by atoms with E-state index in [1.54, 1.807) is 0 Å². The van der Waals surface area contributed by atoms with Crippen molar-refractivity contribution in [3.63, 3.8) is 0 Å². The molecule has 56 valence electrons. The molecule has 0 unspecified atom stereocenters. The molecule has 0 aliphatic heterocycles. The SMILES string of the molecule is N#Cc1c(Cl)ncc(I)c1Cl. The molecule has 0 N–H and O–H groups in total. The molecule has 0 aromatic carbocycles. The third kappa shape index (κ3) is 1.75. The van der Waals surface area contributed by atoms with Crippen molar-refractivity contribution in [1.82, 2.24) is 4.98 Å². The van der Waals surface area contributed by atoms with Gasteiger partial charge in [0.2, 0.25) is 0 Å². The fourth-order valence-corrected chi connectivity index (χ4v) is 1.36. The molecular formula is C6HCl2IN2. The van der Waals surface area contributed by atoms with Crippen LogP contribution < -0.4 is 0 Å². The molecule has 0 amide bonds. The van der Waals surface area contributed by atoms with E-state index >= 15 is 0 Å². The Morgan fingerprint density at radius 1 is 1.55 bits per heavy atom. The van der Waals surface area contributed by atoms with Gasteiger partial charge in [-0.05, 0) is 22.6 Å². The van der Waals surface area contributed by atoms with Crippen LogP contribution >= 0.6 is 45.8 Å². The summed E-state index contributed by atoms with van der Waals surface area (Å²) in [6, 6.07) is 1.87. The van der Waals surface area contributed by atoms with Crippen LogP contribution in [-0.2, 0) is 0 Å². The molecule has 1 rings (SSSR count). The molecule has 11 heavy (non-hydrogen) atoms. The van der Waals surface area contributed by atoms with Crippen LogP contribution in [0.15, 0.2) is 6.20 Å². The lowest BCUT2D eigenvalue weighted by atomic mass is 10.3. The molecule has 0 aliphatic rings. The molecule has 0 fully saturated rings. The Bertz CT molecular complexity index is 332. The van der Waals surface area contributed by atoms with Gasteiger partial charge in [-0.3, -0.25) is 0 Å². The van der Waals surface area contributed by atoms with Crippen LogP contribution in [0.25, 0.3) is 0 Å². The minimum absolute atomic E-state index is 0.151. The molecule has 1 heterocycles. The number of halogens is 3. The van der Waals surface area contributed by atoms with Crippen LogP contribution in [0.4, 0.5) is 0 Å². The highest BCUT2D eigenvalue weighted by Crippen LogP contribution is 2.25. The van der Waals surface area contributed by atoms with Crippen molar-refractivity contribution in [1.29, 1.82) is 5.26 Å². The summed E-state index contributed by atoms with van der Waals surface area (Å²) in [5.74, 6) is 0. The third-order valence-electron chi connectivity index (χ3n) is 1.04. The van der Waals surface area contributed by atoms with Gasteiger partial charge in [-0.15, -0.1) is 0 Å². The summed E-state index contributed by atoms with van der Waals surface area (Å²) in [5.41, 5.74) is 0.236. The van der Waals surface area contributed by atoms with Gasteiger partial charge >= 0.3 is 0 Å². The lowest BCUT2D eigenvalue weighted by Crippen LogP contribution is -1.86. The van der Waals surface area contributed by atoms with E-state index in [1.165, 1.54) is 6.20 Å². The van der Waals surface area contributed by atoms with Gasteiger partial charge in [-0.25, -0.2) is 4.98 Å². The van der Waals surface area contributed by atoms with Crippen LogP contribution in [0, 0.1) is 14.9 Å². The molecular weight excluding hydrogens is 298 g/mol. The largest absolute Gasteiger partial charge is 0.242 e. The predicted molar refractivity (Wildman–Crippen MR) is 51.7 cm³/mol. The summed E-state index contributed by atoms with van der Waals surface area (Å²) in [7, 11) is 0. The van der Waals surface area contributed by atoms with Crippen molar-refractivity contribution in [2.45, 2.75) is 0 Å². The van der Waals surface area contributed by atoms with Crippen molar-refractivity contribution in [3.05, 3.63) is 25.5 Å². The molecule has 0 spiro atoms. The molecule has 1 aromatic rings. The van der Waals surface area contributed by atoms with Gasteiger partial charge in [0.25, 0.3) is 0 Å². The van der Waals surface area contributed by atoms with Crippen LogP contribution in [0.2, 0.25) is 10.2 Å². The van der Waals surface area contributed by atoms with E-state index in [2.05, 4.69) is 4.98 Å². The average molecular weight is 299 g/mol. The number of hydrogen-bond donors (Lipinski definition) is 0. The minimum Gasteiger partial charge on any atom is -0.242 e. The average Bonchev–Trinajstić information content (AvgIpc) is 1.99. The van der Waals surface area contributed by atoms with Gasteiger partial charge in [0.05, 0.1) is 8.59 Å². The van der Waals surface area contributed by atoms with Crippen molar-refractivity contribution in [3.8, 4) is 6.07 Å². The third-order valence-corrected chi connectivity index (χ3v) is 2.85. The maximum absolute atomic E-state index is 8.56. The van der Waals surface area contributed by atoms with E-state index < -0.39 is 0 Å². The van der Waals surface area contributed by atoms with Crippen molar-refractivity contribution >= 4 is 45.8 Å². The molecule has 0 aliphatic carbocycles. The van der Waals surface area contributed by atoms with Gasteiger partial charge in [0.15, 0.2) is 0 Å². The van der Waals surface area contributed by atoms with Gasteiger partial charge in [-0.1, -0.05) is 23.2 Å². The predicted octanol–water partition coefficient (Wildman–Crippen LogP) is 2.86. The van der Waals surface area contributed by atoms with E-state index in [9.17, 15) is 0 Å². The second kappa shape index (κ2) is 3.57. The standard InChI is InChI=1S/C6HCl2IN2/c7-5-3(1-10)6(8)11-2-4(5)9/h2H. The first-order chi connectivity index (χ1) is 5.16. The molecule has 0 bridgehead atoms. The van der Waals surface area contributed by atoms with E-state index in [0.717, 1.165) is 3.57 Å². The van der Waals surface area contributed by atoms with Crippen LogP contribution in [-0.4, -0.2) is 4.98 Å². The van der Waals surface area contributed by atoms with Crippen molar-refractivity contribution in [2.24, 2.45) is 0 Å². The fourth-order valence-electron chi connectivity index (χ4n) is 0.540. The number of pyridine rings is 1. The van der Waals surface area contributed by atoms with Crippen LogP contribution in [0.5, 0.6) is 0 Å². The van der Waals surface area contributed by atoms with Gasteiger partial charge in [-0.2, -0.15) is 5.26 Å². The highest BCUT2D eigenvalue weighted by atomic mass is 127. The fraction of sp³-hybridized carbons (Fsp3) is 0.